The quantitative estimate of drug-likeness (QED) is 0.577. The SMILES string of the molecule is Cn1c2occc2c(=O)c2ccc(O)c(O)c21. The van der Waals surface area contributed by atoms with Crippen molar-refractivity contribution < 1.29 is 14.6 Å². The molecule has 3 rings (SSSR count). The minimum absolute atomic E-state index is 0.225. The van der Waals surface area contributed by atoms with Crippen LogP contribution in [0, 0.1) is 0 Å². The molecule has 0 atom stereocenters. The largest absolute Gasteiger partial charge is 0.504 e. The highest BCUT2D eigenvalue weighted by atomic mass is 16.3. The highest BCUT2D eigenvalue weighted by Gasteiger charge is 2.15. The van der Waals surface area contributed by atoms with Crippen LogP contribution in [0.25, 0.3) is 22.0 Å². The van der Waals surface area contributed by atoms with Gasteiger partial charge in [0.25, 0.3) is 0 Å². The monoisotopic (exact) mass is 231 g/mol. The van der Waals surface area contributed by atoms with Crippen LogP contribution in [0.1, 0.15) is 0 Å². The molecule has 0 unspecified atom stereocenters. The summed E-state index contributed by atoms with van der Waals surface area (Å²) in [5, 5.41) is 20.1. The summed E-state index contributed by atoms with van der Waals surface area (Å²) in [5.74, 6) is -0.584. The predicted octanol–water partition coefficient (Wildman–Crippen LogP) is 1.70. The van der Waals surface area contributed by atoms with Gasteiger partial charge in [0.15, 0.2) is 11.5 Å². The highest BCUT2D eigenvalue weighted by molar-refractivity contribution is 5.95. The van der Waals surface area contributed by atoms with Gasteiger partial charge >= 0.3 is 0 Å². The molecule has 0 bridgehead atoms. The van der Waals surface area contributed by atoms with Gasteiger partial charge in [-0.25, -0.2) is 0 Å². The second kappa shape index (κ2) is 3.04. The maximum atomic E-state index is 12.1. The lowest BCUT2D eigenvalue weighted by Gasteiger charge is -2.08. The van der Waals surface area contributed by atoms with Crippen molar-refractivity contribution in [3.05, 3.63) is 34.7 Å². The summed E-state index contributed by atoms with van der Waals surface area (Å²) in [6, 6.07) is 4.37. The number of furan rings is 1. The summed E-state index contributed by atoms with van der Waals surface area (Å²) in [6.07, 6.45) is 1.42. The van der Waals surface area contributed by atoms with Gasteiger partial charge in [-0.15, -0.1) is 0 Å². The molecule has 2 N–H and O–H groups in total. The fraction of sp³-hybridized carbons (Fsp3) is 0.0833. The van der Waals surface area contributed by atoms with Gasteiger partial charge in [-0.05, 0) is 18.2 Å². The van der Waals surface area contributed by atoms with Gasteiger partial charge in [0.05, 0.1) is 17.0 Å². The Bertz CT molecular complexity index is 797. The number of aromatic hydroxyl groups is 2. The lowest BCUT2D eigenvalue weighted by atomic mass is 10.1. The van der Waals surface area contributed by atoms with Crippen molar-refractivity contribution in [3.8, 4) is 11.5 Å². The second-order valence-corrected chi connectivity index (χ2v) is 3.86. The summed E-state index contributed by atoms with van der Waals surface area (Å²) in [5.41, 5.74) is 0.401. The van der Waals surface area contributed by atoms with E-state index < -0.39 is 0 Å². The molecule has 2 heterocycles. The number of aromatic nitrogens is 1. The predicted molar refractivity (Wildman–Crippen MR) is 62.3 cm³/mol. The third-order valence-electron chi connectivity index (χ3n) is 2.90. The lowest BCUT2D eigenvalue weighted by molar-refractivity contribution is 0.406. The molecule has 5 nitrogen and oxygen atoms in total. The third kappa shape index (κ3) is 1.10. The minimum Gasteiger partial charge on any atom is -0.504 e. The van der Waals surface area contributed by atoms with E-state index in [0.717, 1.165) is 0 Å². The summed E-state index contributed by atoms with van der Waals surface area (Å²) in [6.45, 7) is 0. The normalized spacial score (nSPS) is 11.4. The molecule has 3 aromatic rings. The standard InChI is InChI=1S/C12H9NO4/c1-13-9-6(2-3-8(14)11(9)16)10(15)7-4-5-17-12(7)13/h2-5,14,16H,1H3. The second-order valence-electron chi connectivity index (χ2n) is 3.86. The Kier molecular flexibility index (Phi) is 1.75. The number of benzene rings is 1. The van der Waals surface area contributed by atoms with Crippen LogP contribution in [0.4, 0.5) is 0 Å². The van der Waals surface area contributed by atoms with E-state index in [1.54, 1.807) is 17.7 Å². The van der Waals surface area contributed by atoms with Crippen molar-refractivity contribution >= 4 is 22.0 Å². The average Bonchev–Trinajstić information content (AvgIpc) is 2.79. The molecule has 0 aliphatic carbocycles. The first-order valence-electron chi connectivity index (χ1n) is 5.02. The van der Waals surface area contributed by atoms with Gasteiger partial charge < -0.3 is 19.2 Å². The van der Waals surface area contributed by atoms with Crippen molar-refractivity contribution in [1.29, 1.82) is 0 Å². The lowest BCUT2D eigenvalue weighted by Crippen LogP contribution is -2.07. The van der Waals surface area contributed by atoms with Gasteiger partial charge in [0.2, 0.25) is 11.1 Å². The van der Waals surface area contributed by atoms with Gasteiger partial charge in [0.1, 0.15) is 5.52 Å². The summed E-state index contributed by atoms with van der Waals surface area (Å²) >= 11 is 0. The number of aryl methyl sites for hydroxylation is 1. The number of pyridine rings is 1. The topological polar surface area (TPSA) is 75.6 Å². The summed E-state index contributed by atoms with van der Waals surface area (Å²) in [7, 11) is 1.66. The van der Waals surface area contributed by atoms with E-state index in [0.29, 0.717) is 16.5 Å². The Morgan fingerprint density at radius 3 is 2.71 bits per heavy atom. The van der Waals surface area contributed by atoms with Crippen LogP contribution in [0.15, 0.2) is 33.7 Å². The fourth-order valence-corrected chi connectivity index (χ4v) is 2.07. The van der Waals surface area contributed by atoms with Crippen LogP contribution >= 0.6 is 0 Å². The molecular weight excluding hydrogens is 222 g/mol. The maximum absolute atomic E-state index is 12.1. The van der Waals surface area contributed by atoms with Crippen molar-refractivity contribution in [1.82, 2.24) is 4.57 Å². The van der Waals surface area contributed by atoms with Crippen molar-refractivity contribution in [3.63, 3.8) is 0 Å². The maximum Gasteiger partial charge on any atom is 0.210 e. The molecule has 86 valence electrons. The first kappa shape index (κ1) is 9.77. The van der Waals surface area contributed by atoms with Crippen molar-refractivity contribution in [2.75, 3.05) is 0 Å². The molecule has 2 aromatic heterocycles. The zero-order valence-corrected chi connectivity index (χ0v) is 8.97. The Balaban J connectivity index is 2.74. The van der Waals surface area contributed by atoms with Gasteiger partial charge in [0, 0.05) is 7.05 Å². The van der Waals surface area contributed by atoms with Crippen LogP contribution < -0.4 is 5.43 Å². The van der Waals surface area contributed by atoms with Crippen LogP contribution in [0.5, 0.6) is 11.5 Å². The number of phenolic OH excluding ortho intramolecular Hbond substituents is 2. The fourth-order valence-electron chi connectivity index (χ4n) is 2.07. The third-order valence-corrected chi connectivity index (χ3v) is 2.90. The molecule has 0 aliphatic rings. The van der Waals surface area contributed by atoms with Gasteiger partial charge in [-0.2, -0.15) is 0 Å². The Labute approximate surface area is 95.1 Å². The van der Waals surface area contributed by atoms with Crippen LogP contribution in [0.3, 0.4) is 0 Å². The zero-order chi connectivity index (χ0) is 12.2. The van der Waals surface area contributed by atoms with Crippen molar-refractivity contribution in [2.24, 2.45) is 7.05 Å². The molecule has 17 heavy (non-hydrogen) atoms. The van der Waals surface area contributed by atoms with E-state index in [-0.39, 0.29) is 22.4 Å². The number of fused-ring (bicyclic) bond motifs is 2. The van der Waals surface area contributed by atoms with Crippen LogP contribution in [-0.2, 0) is 7.05 Å². The van der Waals surface area contributed by atoms with Crippen molar-refractivity contribution in [2.45, 2.75) is 0 Å². The van der Waals surface area contributed by atoms with E-state index in [2.05, 4.69) is 0 Å². The molecule has 1 aromatic carbocycles. The molecule has 0 spiro atoms. The first-order valence-corrected chi connectivity index (χ1v) is 5.02. The molecule has 0 radical (unpaired) electrons. The molecule has 0 saturated heterocycles. The summed E-state index contributed by atoms with van der Waals surface area (Å²) in [4.78, 5) is 12.1. The molecule has 5 heteroatoms. The zero-order valence-electron chi connectivity index (χ0n) is 8.97. The van der Waals surface area contributed by atoms with Crippen LogP contribution in [-0.4, -0.2) is 14.8 Å². The smallest absolute Gasteiger partial charge is 0.210 e. The van der Waals surface area contributed by atoms with E-state index in [9.17, 15) is 15.0 Å². The van der Waals surface area contributed by atoms with Crippen LogP contribution in [0.2, 0.25) is 0 Å². The number of hydrogen-bond donors (Lipinski definition) is 2. The number of nitrogens with zero attached hydrogens (tertiary/aromatic N) is 1. The van der Waals surface area contributed by atoms with E-state index in [1.165, 1.54) is 18.4 Å². The molecule has 0 saturated carbocycles. The first-order chi connectivity index (χ1) is 8.11. The van der Waals surface area contributed by atoms with E-state index >= 15 is 0 Å². The molecule has 0 fully saturated rings. The Morgan fingerprint density at radius 1 is 1.18 bits per heavy atom. The Morgan fingerprint density at radius 2 is 1.94 bits per heavy atom. The summed E-state index contributed by atoms with van der Waals surface area (Å²) < 4.78 is 6.75. The molecule has 0 aliphatic heterocycles. The Hall–Kier alpha value is -2.43. The minimum atomic E-state index is -0.319. The number of rotatable bonds is 0. The molecule has 0 amide bonds. The van der Waals surface area contributed by atoms with E-state index in [4.69, 9.17) is 4.42 Å². The van der Waals surface area contributed by atoms with E-state index in [1.807, 2.05) is 0 Å². The van der Waals surface area contributed by atoms with Gasteiger partial charge in [-0.3, -0.25) is 4.79 Å². The molecular formula is C12H9NO4. The highest BCUT2D eigenvalue weighted by Crippen LogP contribution is 2.33. The number of hydrogen-bond acceptors (Lipinski definition) is 4. The van der Waals surface area contributed by atoms with Gasteiger partial charge in [-0.1, -0.05) is 0 Å². The number of phenols is 2. The average molecular weight is 231 g/mol.